The normalized spacial score (nSPS) is 22.3. The number of amides is 2. The first-order chi connectivity index (χ1) is 18.4. The summed E-state index contributed by atoms with van der Waals surface area (Å²) in [6.45, 7) is 3.40. The van der Waals surface area contributed by atoms with Gasteiger partial charge in [0.05, 0.1) is 17.5 Å². The number of piperidine rings is 1. The predicted molar refractivity (Wildman–Crippen MR) is 149 cm³/mol. The molecule has 9 heteroatoms. The largest absolute Gasteiger partial charge is 0.368 e. The van der Waals surface area contributed by atoms with E-state index in [1.165, 1.54) is 5.57 Å². The summed E-state index contributed by atoms with van der Waals surface area (Å²) in [6, 6.07) is 7.48. The van der Waals surface area contributed by atoms with Crippen molar-refractivity contribution in [1.82, 2.24) is 14.7 Å². The number of amidine groups is 1. The van der Waals surface area contributed by atoms with E-state index in [9.17, 15) is 9.59 Å². The van der Waals surface area contributed by atoms with Gasteiger partial charge in [0.2, 0.25) is 17.7 Å². The number of aliphatic imine (C=N–C) groups is 2. The fourth-order valence-electron chi connectivity index (χ4n) is 5.26. The van der Waals surface area contributed by atoms with Crippen LogP contribution in [0.2, 0.25) is 0 Å². The van der Waals surface area contributed by atoms with Crippen LogP contribution in [0.4, 0.5) is 5.69 Å². The molecule has 9 nitrogen and oxygen atoms in total. The van der Waals surface area contributed by atoms with Crippen molar-refractivity contribution in [3.05, 3.63) is 65.4 Å². The molecule has 2 amide bonds. The number of quaternary nitrogens is 1. The minimum absolute atomic E-state index is 0.0276. The fourth-order valence-corrected chi connectivity index (χ4v) is 5.26. The summed E-state index contributed by atoms with van der Waals surface area (Å²) in [5.41, 5.74) is 9.71. The van der Waals surface area contributed by atoms with Gasteiger partial charge in [-0.15, -0.1) is 0 Å². The van der Waals surface area contributed by atoms with E-state index in [1.54, 1.807) is 24.3 Å². The topological polar surface area (TPSA) is 111 Å². The lowest BCUT2D eigenvalue weighted by Gasteiger charge is -2.35. The van der Waals surface area contributed by atoms with Gasteiger partial charge in [-0.05, 0) is 94.2 Å². The van der Waals surface area contributed by atoms with Crippen molar-refractivity contribution in [2.24, 2.45) is 21.6 Å². The highest BCUT2D eigenvalue weighted by Gasteiger charge is 2.34. The second-order valence-electron chi connectivity index (χ2n) is 10.6. The molecule has 5 rings (SSSR count). The van der Waals surface area contributed by atoms with Crippen molar-refractivity contribution in [3.8, 4) is 0 Å². The van der Waals surface area contributed by atoms with Gasteiger partial charge in [-0.25, -0.2) is 4.99 Å². The van der Waals surface area contributed by atoms with Gasteiger partial charge in [-0.3, -0.25) is 14.9 Å². The SMILES string of the molecule is CN1CCC(N(C)C(=O)c2ccc(N=C(N)/N=C3\[NH2+]C=CC=C3C3=CCN(C(=O)C4CC4)CC3)cc2)CC1. The van der Waals surface area contributed by atoms with E-state index in [4.69, 9.17) is 5.73 Å². The van der Waals surface area contributed by atoms with Crippen LogP contribution >= 0.6 is 0 Å². The lowest BCUT2D eigenvalue weighted by molar-refractivity contribution is -0.461. The van der Waals surface area contributed by atoms with Crippen LogP contribution in [-0.2, 0) is 4.79 Å². The number of rotatable bonds is 5. The van der Waals surface area contributed by atoms with E-state index in [-0.39, 0.29) is 29.7 Å². The molecule has 1 aromatic rings. The molecule has 0 aromatic heterocycles. The monoisotopic (exact) mass is 516 g/mol. The third-order valence-electron chi connectivity index (χ3n) is 7.85. The molecule has 0 atom stereocenters. The van der Waals surface area contributed by atoms with Gasteiger partial charge in [0.25, 0.3) is 5.91 Å². The van der Waals surface area contributed by atoms with Crippen molar-refractivity contribution in [1.29, 1.82) is 0 Å². The van der Waals surface area contributed by atoms with Crippen LogP contribution < -0.4 is 11.1 Å². The second-order valence-corrected chi connectivity index (χ2v) is 10.6. The molecule has 1 saturated heterocycles. The van der Waals surface area contributed by atoms with Gasteiger partial charge >= 0.3 is 0 Å². The van der Waals surface area contributed by atoms with Crippen LogP contribution in [0, 0.1) is 5.92 Å². The summed E-state index contributed by atoms with van der Waals surface area (Å²) < 4.78 is 0. The van der Waals surface area contributed by atoms with Gasteiger partial charge in [0.1, 0.15) is 0 Å². The Morgan fingerprint density at radius 2 is 1.82 bits per heavy atom. The Morgan fingerprint density at radius 1 is 1.08 bits per heavy atom. The fraction of sp³-hybridized carbons (Fsp3) is 0.448. The number of benzene rings is 1. The predicted octanol–water partition coefficient (Wildman–Crippen LogP) is 1.78. The number of hydrogen-bond acceptors (Lipinski definition) is 4. The zero-order valence-electron chi connectivity index (χ0n) is 22.3. The third kappa shape index (κ3) is 6.11. The highest BCUT2D eigenvalue weighted by atomic mass is 16.2. The highest BCUT2D eigenvalue weighted by Crippen LogP contribution is 2.32. The quantitative estimate of drug-likeness (QED) is 0.459. The molecule has 4 N–H and O–H groups in total. The molecule has 0 unspecified atom stereocenters. The lowest BCUT2D eigenvalue weighted by atomic mass is 9.96. The Balaban J connectivity index is 1.23. The van der Waals surface area contributed by atoms with Crippen LogP contribution in [0.3, 0.4) is 0 Å². The minimum Gasteiger partial charge on any atom is -0.368 e. The number of allylic oxidation sites excluding steroid dienone is 2. The van der Waals surface area contributed by atoms with E-state index in [0.717, 1.165) is 63.1 Å². The average molecular weight is 517 g/mol. The molecule has 1 aromatic carbocycles. The zero-order chi connectivity index (χ0) is 26.6. The number of nitrogens with zero attached hydrogens (tertiary/aromatic N) is 5. The van der Waals surface area contributed by atoms with Crippen LogP contribution in [0.15, 0.2) is 69.8 Å². The molecule has 4 aliphatic rings. The first-order valence-corrected chi connectivity index (χ1v) is 13.6. The molecule has 38 heavy (non-hydrogen) atoms. The molecule has 200 valence electrons. The third-order valence-corrected chi connectivity index (χ3v) is 7.85. The van der Waals surface area contributed by atoms with Crippen molar-refractivity contribution in [3.63, 3.8) is 0 Å². The van der Waals surface area contributed by atoms with Crippen LogP contribution in [0.5, 0.6) is 0 Å². The smallest absolute Gasteiger partial charge is 0.253 e. The summed E-state index contributed by atoms with van der Waals surface area (Å²) in [5.74, 6) is 1.47. The number of hydrogen-bond donors (Lipinski definition) is 2. The lowest BCUT2D eigenvalue weighted by Crippen LogP contribution is -2.83. The second kappa shape index (κ2) is 11.4. The molecular weight excluding hydrogens is 478 g/mol. The molecule has 1 aliphatic carbocycles. The van der Waals surface area contributed by atoms with Crippen LogP contribution in [-0.4, -0.2) is 84.6 Å². The van der Waals surface area contributed by atoms with Crippen molar-refractivity contribution in [2.45, 2.75) is 38.1 Å². The zero-order valence-corrected chi connectivity index (χ0v) is 22.3. The molecule has 0 bridgehead atoms. The van der Waals surface area contributed by atoms with Crippen LogP contribution in [0.1, 0.15) is 42.5 Å². The molecule has 0 radical (unpaired) electrons. The highest BCUT2D eigenvalue weighted by molar-refractivity contribution is 6.04. The van der Waals surface area contributed by atoms with Gasteiger partial charge in [0.15, 0.2) is 0 Å². The maximum atomic E-state index is 13.0. The molecule has 1 saturated carbocycles. The number of nitrogens with two attached hydrogens (primary N) is 2. The Hall–Kier alpha value is -3.56. The van der Waals surface area contributed by atoms with Gasteiger partial charge in [0, 0.05) is 37.7 Å². The van der Waals surface area contributed by atoms with E-state index in [2.05, 4.69) is 28.0 Å². The molecular formula is C29H38N7O2+. The minimum atomic E-state index is 0.0276. The number of carbonyl (C=O) groups is 2. The molecule has 2 fully saturated rings. The summed E-state index contributed by atoms with van der Waals surface area (Å²) in [5, 5.41) is 1.93. The first-order valence-electron chi connectivity index (χ1n) is 13.6. The van der Waals surface area contributed by atoms with E-state index < -0.39 is 0 Å². The summed E-state index contributed by atoms with van der Waals surface area (Å²) in [4.78, 5) is 40.6. The Morgan fingerprint density at radius 3 is 2.47 bits per heavy atom. The van der Waals surface area contributed by atoms with Crippen molar-refractivity contribution >= 4 is 29.3 Å². The average Bonchev–Trinajstić information content (AvgIpc) is 3.79. The first kappa shape index (κ1) is 26.1. The van der Waals surface area contributed by atoms with Gasteiger partial charge < -0.3 is 20.4 Å². The standard InChI is InChI=1S/C29H37N7O2/c1-34-16-13-24(14-17-34)35(2)27(37)21-7-9-23(10-8-21)32-29(30)33-26-25(4-3-15-31-26)20-11-18-36(19-12-20)28(38)22-5-6-22/h3-4,7-11,15,22,24H,5-6,12-14,16-19H2,1-2H3,(H3,30,31,32,33)/p+1. The van der Waals surface area contributed by atoms with Crippen molar-refractivity contribution < 1.29 is 14.9 Å². The van der Waals surface area contributed by atoms with Gasteiger partial charge in [-0.1, -0.05) is 6.08 Å². The molecule has 3 aliphatic heterocycles. The number of carbonyl (C=O) groups excluding carboxylic acids is 2. The maximum Gasteiger partial charge on any atom is 0.253 e. The Kier molecular flexibility index (Phi) is 7.85. The Bertz CT molecular complexity index is 1220. The summed E-state index contributed by atoms with van der Waals surface area (Å²) >= 11 is 0. The van der Waals surface area contributed by atoms with Crippen molar-refractivity contribution in [2.75, 3.05) is 40.3 Å². The van der Waals surface area contributed by atoms with E-state index in [0.29, 0.717) is 17.8 Å². The Labute approximate surface area is 224 Å². The maximum absolute atomic E-state index is 13.0. The number of likely N-dealkylation sites (tertiary alicyclic amines) is 1. The summed E-state index contributed by atoms with van der Waals surface area (Å²) in [7, 11) is 4.01. The van der Waals surface area contributed by atoms with Crippen LogP contribution in [0.25, 0.3) is 0 Å². The van der Waals surface area contributed by atoms with E-state index >= 15 is 0 Å². The van der Waals surface area contributed by atoms with Gasteiger partial charge in [-0.2, -0.15) is 4.99 Å². The molecule has 0 spiro atoms. The van der Waals surface area contributed by atoms with E-state index in [1.807, 2.05) is 40.5 Å². The summed E-state index contributed by atoms with van der Waals surface area (Å²) in [6.07, 6.45) is 12.9. The number of guanidine groups is 1. The molecule has 3 heterocycles.